The Morgan fingerprint density at radius 1 is 1.17 bits per heavy atom. The molecule has 0 saturated carbocycles. The van der Waals surface area contributed by atoms with Gasteiger partial charge in [0.25, 0.3) is 5.91 Å². The van der Waals surface area contributed by atoms with E-state index >= 15 is 0 Å². The fraction of sp³-hybridized carbons (Fsp3) is 0.316. The summed E-state index contributed by atoms with van der Waals surface area (Å²) < 4.78 is 65.9. The van der Waals surface area contributed by atoms with E-state index in [4.69, 9.17) is 0 Å². The fourth-order valence-corrected chi connectivity index (χ4v) is 5.31. The monoisotopic (exact) mass is 438 g/mol. The lowest BCUT2D eigenvalue weighted by molar-refractivity contribution is -0.137. The van der Waals surface area contributed by atoms with Gasteiger partial charge in [-0.15, -0.1) is 4.31 Å². The van der Waals surface area contributed by atoms with Gasteiger partial charge >= 0.3 is 6.18 Å². The number of rotatable bonds is 3. The Balaban J connectivity index is 1.58. The lowest BCUT2D eigenvalue weighted by Crippen LogP contribution is -2.51. The Kier molecular flexibility index (Phi) is 4.99. The number of aromatic nitrogens is 1. The molecule has 2 aliphatic rings. The third-order valence-corrected chi connectivity index (χ3v) is 7.36. The van der Waals surface area contributed by atoms with E-state index in [0.29, 0.717) is 17.3 Å². The normalized spacial score (nSPS) is 21.2. The number of sulfonamides is 1. The number of benzene rings is 1. The SMILES string of the molecule is O=C1NN=C(c2cccnc2)C12CCN([S+](=O)([O-])c1cccc(C(F)(F)F)c1)CC2. The molecule has 1 aromatic carbocycles. The van der Waals surface area contributed by atoms with Crippen LogP contribution in [0.4, 0.5) is 13.2 Å². The number of pyridine rings is 1. The van der Waals surface area contributed by atoms with Crippen molar-refractivity contribution in [1.82, 2.24) is 14.7 Å². The van der Waals surface area contributed by atoms with Crippen molar-refractivity contribution in [2.24, 2.45) is 10.5 Å². The molecular weight excluding hydrogens is 421 g/mol. The minimum absolute atomic E-state index is 0.0225. The van der Waals surface area contributed by atoms with Crippen LogP contribution in [0.3, 0.4) is 0 Å². The van der Waals surface area contributed by atoms with E-state index < -0.39 is 32.4 Å². The number of nitrogens with zero attached hydrogens (tertiary/aromatic N) is 3. The van der Waals surface area contributed by atoms with Gasteiger partial charge in [0.15, 0.2) is 15.3 Å². The maximum absolute atomic E-state index is 13.0. The van der Waals surface area contributed by atoms with Gasteiger partial charge in [0.05, 0.1) is 16.7 Å². The van der Waals surface area contributed by atoms with Crippen LogP contribution in [-0.4, -0.2) is 38.6 Å². The molecule has 11 heteroatoms. The minimum Gasteiger partial charge on any atom is -0.593 e. The predicted octanol–water partition coefficient (Wildman–Crippen LogP) is 2.62. The van der Waals surface area contributed by atoms with Crippen molar-refractivity contribution in [2.45, 2.75) is 23.9 Å². The number of halogens is 3. The molecule has 0 radical (unpaired) electrons. The van der Waals surface area contributed by atoms with Gasteiger partial charge in [0.2, 0.25) is 0 Å². The van der Waals surface area contributed by atoms with Crippen LogP contribution in [0.1, 0.15) is 24.0 Å². The molecule has 4 rings (SSSR count). The molecule has 7 nitrogen and oxygen atoms in total. The number of hydrogen-bond acceptors (Lipinski definition) is 5. The molecule has 1 aromatic heterocycles. The molecule has 1 atom stereocenters. The third kappa shape index (κ3) is 3.42. The summed E-state index contributed by atoms with van der Waals surface area (Å²) in [5.41, 5.74) is 1.59. The first-order valence-electron chi connectivity index (χ1n) is 9.11. The number of carbonyl (C=O) groups excluding carboxylic acids is 1. The fourth-order valence-electron chi connectivity index (χ4n) is 3.83. The highest BCUT2D eigenvalue weighted by atomic mass is 32.3. The summed E-state index contributed by atoms with van der Waals surface area (Å²) in [5, 5.41) is 4.13. The average molecular weight is 438 g/mol. The highest BCUT2D eigenvalue weighted by Crippen LogP contribution is 2.41. The minimum atomic E-state index is -4.64. The highest BCUT2D eigenvalue weighted by Gasteiger charge is 2.52. The summed E-state index contributed by atoms with van der Waals surface area (Å²) in [5.74, 6) is -0.322. The third-order valence-electron chi connectivity index (χ3n) is 5.47. The molecule has 1 unspecified atom stereocenters. The Bertz CT molecular complexity index is 1050. The summed E-state index contributed by atoms with van der Waals surface area (Å²) >= 11 is 0. The number of hydrogen-bond donors (Lipinski definition) is 1. The van der Waals surface area contributed by atoms with E-state index in [-0.39, 0.29) is 31.8 Å². The summed E-state index contributed by atoms with van der Waals surface area (Å²) in [7, 11) is -4.14. The Morgan fingerprint density at radius 2 is 1.90 bits per heavy atom. The largest absolute Gasteiger partial charge is 0.593 e. The highest BCUT2D eigenvalue weighted by molar-refractivity contribution is 7.95. The molecule has 1 spiro atoms. The molecule has 158 valence electrons. The number of nitrogens with one attached hydrogen (secondary N) is 1. The molecule has 1 amide bonds. The zero-order chi connectivity index (χ0) is 21.6. The van der Waals surface area contributed by atoms with Crippen molar-refractivity contribution in [3.8, 4) is 0 Å². The number of carbonyl (C=O) groups is 1. The van der Waals surface area contributed by atoms with Crippen LogP contribution >= 0.6 is 0 Å². The summed E-state index contributed by atoms with van der Waals surface area (Å²) in [6.45, 7) is -0.0451. The summed E-state index contributed by atoms with van der Waals surface area (Å²) in [6, 6.07) is 7.13. The molecule has 2 aromatic rings. The van der Waals surface area contributed by atoms with Gasteiger partial charge in [0.1, 0.15) is 0 Å². The van der Waals surface area contributed by atoms with E-state index in [9.17, 15) is 26.7 Å². The maximum Gasteiger partial charge on any atom is 0.416 e. The van der Waals surface area contributed by atoms with Crippen LogP contribution in [0.5, 0.6) is 0 Å². The standard InChI is InChI=1S/C19H17F3N4O3S/c20-19(21,22)14-4-1-5-15(11-14)30(28,29)26-9-6-18(7-10-26)16(24-25-17(18)27)13-3-2-8-23-12-13/h1-5,8,11-12H,6-7,9-10H2,(H-,25,27,28,29). The Hall–Kier alpha value is -2.63. The number of piperidine rings is 1. The van der Waals surface area contributed by atoms with E-state index in [0.717, 1.165) is 22.5 Å². The molecular formula is C19H17F3N4O3S. The average Bonchev–Trinajstić information content (AvgIpc) is 3.04. The number of hydrazone groups is 1. The second-order valence-corrected chi connectivity index (χ2v) is 9.09. The lowest BCUT2D eigenvalue weighted by atomic mass is 9.73. The second kappa shape index (κ2) is 7.25. The van der Waals surface area contributed by atoms with Crippen LogP contribution in [0, 0.1) is 5.41 Å². The van der Waals surface area contributed by atoms with Gasteiger partial charge < -0.3 is 4.55 Å². The molecule has 1 N–H and O–H groups in total. The maximum atomic E-state index is 13.0. The molecule has 0 bridgehead atoms. The first-order chi connectivity index (χ1) is 14.1. The number of alkyl halides is 3. The van der Waals surface area contributed by atoms with Crippen molar-refractivity contribution in [2.75, 3.05) is 13.1 Å². The van der Waals surface area contributed by atoms with Crippen LogP contribution in [-0.2, 0) is 25.6 Å². The van der Waals surface area contributed by atoms with Gasteiger partial charge in [-0.1, -0.05) is 10.3 Å². The zero-order valence-electron chi connectivity index (χ0n) is 15.6. The zero-order valence-corrected chi connectivity index (χ0v) is 16.4. The van der Waals surface area contributed by atoms with Crippen molar-refractivity contribution >= 4 is 22.0 Å². The van der Waals surface area contributed by atoms with Gasteiger partial charge in [0, 0.05) is 37.1 Å². The Morgan fingerprint density at radius 3 is 2.53 bits per heavy atom. The van der Waals surface area contributed by atoms with Crippen LogP contribution < -0.4 is 5.43 Å². The molecule has 0 aliphatic carbocycles. The van der Waals surface area contributed by atoms with Crippen LogP contribution in [0.25, 0.3) is 0 Å². The first kappa shape index (κ1) is 20.6. The molecule has 30 heavy (non-hydrogen) atoms. The van der Waals surface area contributed by atoms with E-state index in [1.807, 2.05) is 0 Å². The van der Waals surface area contributed by atoms with Crippen LogP contribution in [0.2, 0.25) is 0 Å². The molecule has 1 fully saturated rings. The van der Waals surface area contributed by atoms with Crippen LogP contribution in [0.15, 0.2) is 58.8 Å². The van der Waals surface area contributed by atoms with Gasteiger partial charge in [-0.05, 0) is 37.1 Å². The first-order valence-corrected chi connectivity index (χ1v) is 10.5. The second-order valence-electron chi connectivity index (χ2n) is 7.15. The summed E-state index contributed by atoms with van der Waals surface area (Å²) in [4.78, 5) is 16.2. The van der Waals surface area contributed by atoms with Crippen molar-refractivity contribution < 1.29 is 26.7 Å². The quantitative estimate of drug-likeness (QED) is 0.745. The Labute approximate surface area is 171 Å². The summed E-state index contributed by atoms with van der Waals surface area (Å²) in [6.07, 6.45) is -1.16. The number of amides is 1. The van der Waals surface area contributed by atoms with Crippen molar-refractivity contribution in [3.63, 3.8) is 0 Å². The predicted molar refractivity (Wildman–Crippen MR) is 101 cm³/mol. The molecule has 2 aliphatic heterocycles. The van der Waals surface area contributed by atoms with Gasteiger partial charge in [-0.3, -0.25) is 9.78 Å². The topological polar surface area (TPSA) is 97.7 Å². The van der Waals surface area contributed by atoms with Crippen molar-refractivity contribution in [3.05, 3.63) is 59.9 Å². The molecule has 3 heterocycles. The smallest absolute Gasteiger partial charge is 0.416 e. The van der Waals surface area contributed by atoms with Gasteiger partial charge in [-0.2, -0.15) is 18.3 Å². The molecule has 1 saturated heterocycles. The van der Waals surface area contributed by atoms with E-state index in [1.54, 1.807) is 24.5 Å². The van der Waals surface area contributed by atoms with E-state index in [1.165, 1.54) is 0 Å². The van der Waals surface area contributed by atoms with Crippen molar-refractivity contribution in [1.29, 1.82) is 0 Å². The lowest BCUT2D eigenvalue weighted by Gasteiger charge is -2.38. The van der Waals surface area contributed by atoms with E-state index in [2.05, 4.69) is 15.5 Å². The van der Waals surface area contributed by atoms with Gasteiger partial charge in [-0.25, -0.2) is 5.43 Å².